The molecule has 2 aliphatic heterocycles. The summed E-state index contributed by atoms with van der Waals surface area (Å²) in [5.74, 6) is -0.244. The number of piperazine rings is 1. The molecule has 9 nitrogen and oxygen atoms in total. The third kappa shape index (κ3) is 4.11. The number of carbonyl (C=O) groups excluding carboxylic acids is 1. The summed E-state index contributed by atoms with van der Waals surface area (Å²) < 4.78 is 29.4. The number of aryl methyl sites for hydroxylation is 1. The maximum atomic E-state index is 13.1. The first-order valence-electron chi connectivity index (χ1n) is 11.0. The van der Waals surface area contributed by atoms with Crippen molar-refractivity contribution >= 4 is 21.6 Å². The standard InChI is InChI=1S/C23H26N6O3S/c1-26-22(7-10-25-26)18-3-2-4-21(15-18)33(31,32)29-16-19(17-29)23(30)28-13-11-27(12-14-28)20-5-8-24-9-6-20/h2-10,15,19H,11-14,16-17H2,1H3. The van der Waals surface area contributed by atoms with Crippen molar-refractivity contribution < 1.29 is 13.2 Å². The lowest BCUT2D eigenvalue weighted by Crippen LogP contribution is -2.59. The third-order valence-corrected chi connectivity index (χ3v) is 8.23. The monoisotopic (exact) mass is 466 g/mol. The lowest BCUT2D eigenvalue weighted by atomic mass is 10.0. The molecule has 2 fully saturated rings. The van der Waals surface area contributed by atoms with Crippen molar-refractivity contribution in [3.05, 3.63) is 61.1 Å². The van der Waals surface area contributed by atoms with Gasteiger partial charge in [0.15, 0.2) is 0 Å². The summed E-state index contributed by atoms with van der Waals surface area (Å²) in [7, 11) is -1.83. The highest BCUT2D eigenvalue weighted by Gasteiger charge is 2.42. The Labute approximate surface area is 193 Å². The largest absolute Gasteiger partial charge is 0.368 e. The molecule has 0 unspecified atom stereocenters. The van der Waals surface area contributed by atoms with Gasteiger partial charge in [0.25, 0.3) is 0 Å². The van der Waals surface area contributed by atoms with E-state index in [9.17, 15) is 13.2 Å². The van der Waals surface area contributed by atoms with Gasteiger partial charge in [0.05, 0.1) is 16.5 Å². The molecule has 0 radical (unpaired) electrons. The van der Waals surface area contributed by atoms with Crippen molar-refractivity contribution in [1.29, 1.82) is 0 Å². The summed E-state index contributed by atoms with van der Waals surface area (Å²) in [4.78, 5) is 21.3. The van der Waals surface area contributed by atoms with Crippen molar-refractivity contribution in [3.63, 3.8) is 0 Å². The van der Waals surface area contributed by atoms with Crippen LogP contribution in [0, 0.1) is 5.92 Å². The summed E-state index contributed by atoms with van der Waals surface area (Å²) >= 11 is 0. The van der Waals surface area contributed by atoms with E-state index in [4.69, 9.17) is 0 Å². The fraction of sp³-hybridized carbons (Fsp3) is 0.348. The minimum absolute atomic E-state index is 0.0412. The Bertz CT molecular complexity index is 1250. The van der Waals surface area contributed by atoms with Gasteiger partial charge in [-0.05, 0) is 30.3 Å². The topological polar surface area (TPSA) is 91.6 Å². The Morgan fingerprint density at radius 2 is 1.70 bits per heavy atom. The van der Waals surface area contributed by atoms with Gasteiger partial charge in [0.2, 0.25) is 15.9 Å². The highest BCUT2D eigenvalue weighted by Crippen LogP contribution is 2.29. The maximum absolute atomic E-state index is 13.1. The molecule has 1 aromatic carbocycles. The molecule has 5 rings (SSSR count). The predicted octanol–water partition coefficient (Wildman–Crippen LogP) is 1.45. The SMILES string of the molecule is Cn1nccc1-c1cccc(S(=O)(=O)N2CC(C(=O)N3CCN(c4ccncc4)CC3)C2)c1. The van der Waals surface area contributed by atoms with Gasteiger partial charge in [0.1, 0.15) is 0 Å². The number of sulfonamides is 1. The predicted molar refractivity (Wildman–Crippen MR) is 124 cm³/mol. The normalized spacial score (nSPS) is 17.7. The number of anilines is 1. The fourth-order valence-corrected chi connectivity index (χ4v) is 5.99. The van der Waals surface area contributed by atoms with Crippen LogP contribution in [0.2, 0.25) is 0 Å². The first-order valence-corrected chi connectivity index (χ1v) is 12.4. The Kier molecular flexibility index (Phi) is 5.63. The second-order valence-corrected chi connectivity index (χ2v) is 10.3. The highest BCUT2D eigenvalue weighted by atomic mass is 32.2. The molecule has 0 spiro atoms. The number of pyridine rings is 1. The minimum atomic E-state index is -3.65. The van der Waals surface area contributed by atoms with Gasteiger partial charge in [-0.15, -0.1) is 0 Å². The quantitative estimate of drug-likeness (QED) is 0.565. The Morgan fingerprint density at radius 1 is 0.970 bits per heavy atom. The van der Waals surface area contributed by atoms with E-state index >= 15 is 0 Å². The summed E-state index contributed by atoms with van der Waals surface area (Å²) in [6.45, 7) is 3.23. The molecule has 172 valence electrons. The molecule has 1 amide bonds. The highest BCUT2D eigenvalue weighted by molar-refractivity contribution is 7.89. The van der Waals surface area contributed by atoms with Gasteiger partial charge in [0, 0.05) is 76.2 Å². The van der Waals surface area contributed by atoms with E-state index in [0.717, 1.165) is 30.0 Å². The number of amides is 1. The molecule has 33 heavy (non-hydrogen) atoms. The number of aromatic nitrogens is 3. The molecule has 10 heteroatoms. The van der Waals surface area contributed by atoms with Crippen molar-refractivity contribution in [2.24, 2.45) is 13.0 Å². The van der Waals surface area contributed by atoms with E-state index in [1.165, 1.54) is 4.31 Å². The second-order valence-electron chi connectivity index (χ2n) is 8.40. The zero-order chi connectivity index (χ0) is 23.0. The van der Waals surface area contributed by atoms with Crippen molar-refractivity contribution in [1.82, 2.24) is 24.0 Å². The molecule has 0 bridgehead atoms. The van der Waals surface area contributed by atoms with Crippen molar-refractivity contribution in [2.45, 2.75) is 4.90 Å². The first-order chi connectivity index (χ1) is 15.9. The van der Waals surface area contributed by atoms with Gasteiger partial charge in [-0.3, -0.25) is 14.5 Å². The number of nitrogens with zero attached hydrogens (tertiary/aromatic N) is 6. The van der Waals surface area contributed by atoms with E-state index in [1.807, 2.05) is 36.2 Å². The molecule has 0 aliphatic carbocycles. The third-order valence-electron chi connectivity index (χ3n) is 6.40. The van der Waals surface area contributed by atoms with Crippen LogP contribution in [0.25, 0.3) is 11.3 Å². The smallest absolute Gasteiger partial charge is 0.243 e. The molecule has 0 saturated carbocycles. The summed E-state index contributed by atoms with van der Waals surface area (Å²) in [5, 5.41) is 4.15. The average Bonchev–Trinajstić information content (AvgIpc) is 3.24. The molecule has 0 N–H and O–H groups in total. The molecule has 3 aromatic rings. The van der Waals surface area contributed by atoms with Crippen molar-refractivity contribution in [2.75, 3.05) is 44.2 Å². The van der Waals surface area contributed by atoms with Crippen molar-refractivity contribution in [3.8, 4) is 11.3 Å². The van der Waals surface area contributed by atoms with Crippen LogP contribution in [0.3, 0.4) is 0 Å². The van der Waals surface area contributed by atoms with Gasteiger partial charge < -0.3 is 9.80 Å². The summed E-state index contributed by atoms with van der Waals surface area (Å²) in [6, 6.07) is 12.6. The number of carbonyl (C=O) groups is 1. The molecular weight excluding hydrogens is 440 g/mol. The lowest BCUT2D eigenvalue weighted by Gasteiger charge is -2.42. The van der Waals surface area contributed by atoms with E-state index in [2.05, 4.69) is 15.0 Å². The molecule has 0 atom stereocenters. The van der Waals surface area contributed by atoms with E-state index < -0.39 is 10.0 Å². The zero-order valence-electron chi connectivity index (χ0n) is 18.4. The van der Waals surface area contributed by atoms with Crippen LogP contribution < -0.4 is 4.90 Å². The van der Waals surface area contributed by atoms with E-state index in [1.54, 1.807) is 41.5 Å². The van der Waals surface area contributed by atoms with Crippen LogP contribution in [0.5, 0.6) is 0 Å². The van der Waals surface area contributed by atoms with Crippen LogP contribution in [0.4, 0.5) is 5.69 Å². The van der Waals surface area contributed by atoms with Crippen LogP contribution in [-0.2, 0) is 21.9 Å². The molecular formula is C23H26N6O3S. The van der Waals surface area contributed by atoms with Crippen LogP contribution in [0.1, 0.15) is 0 Å². The number of rotatable bonds is 5. The van der Waals surface area contributed by atoms with Crippen LogP contribution in [-0.4, -0.2) is 77.6 Å². The van der Waals surface area contributed by atoms with Crippen LogP contribution >= 0.6 is 0 Å². The first kappa shape index (κ1) is 21.6. The van der Waals surface area contributed by atoms with Gasteiger partial charge >= 0.3 is 0 Å². The van der Waals surface area contributed by atoms with Gasteiger partial charge in [-0.1, -0.05) is 12.1 Å². The average molecular weight is 467 g/mol. The molecule has 2 aromatic heterocycles. The Balaban J connectivity index is 1.20. The molecule has 2 saturated heterocycles. The van der Waals surface area contributed by atoms with Crippen LogP contribution in [0.15, 0.2) is 66.0 Å². The second kappa shape index (κ2) is 8.60. The molecule has 4 heterocycles. The Hall–Kier alpha value is -3.24. The minimum Gasteiger partial charge on any atom is -0.368 e. The molecule has 2 aliphatic rings. The van der Waals surface area contributed by atoms with E-state index in [-0.39, 0.29) is 29.8 Å². The lowest BCUT2D eigenvalue weighted by molar-refractivity contribution is -0.139. The number of hydrogen-bond donors (Lipinski definition) is 0. The number of benzene rings is 1. The fourth-order valence-electron chi connectivity index (χ4n) is 4.41. The van der Waals surface area contributed by atoms with Gasteiger partial charge in [-0.2, -0.15) is 9.40 Å². The maximum Gasteiger partial charge on any atom is 0.243 e. The van der Waals surface area contributed by atoms with Gasteiger partial charge in [-0.25, -0.2) is 8.42 Å². The number of hydrogen-bond acceptors (Lipinski definition) is 6. The Morgan fingerprint density at radius 3 is 2.36 bits per heavy atom. The van der Waals surface area contributed by atoms with E-state index in [0.29, 0.717) is 13.1 Å². The summed E-state index contributed by atoms with van der Waals surface area (Å²) in [6.07, 6.45) is 5.21. The summed E-state index contributed by atoms with van der Waals surface area (Å²) in [5.41, 5.74) is 2.73. The zero-order valence-corrected chi connectivity index (χ0v) is 19.2.